The first-order chi connectivity index (χ1) is 7.81. The minimum absolute atomic E-state index is 0.0548. The molecule has 2 heterocycles. The molecule has 0 aliphatic carbocycles. The van der Waals surface area contributed by atoms with Gasteiger partial charge in [-0.05, 0) is 38.1 Å². The predicted molar refractivity (Wildman–Crippen MR) is 62.2 cm³/mol. The van der Waals surface area contributed by atoms with Crippen LogP contribution in [0.5, 0.6) is 0 Å². The molecular formula is C12H17N3O. The highest BCUT2D eigenvalue weighted by Gasteiger charge is 2.26. The van der Waals surface area contributed by atoms with Gasteiger partial charge in [-0.3, -0.25) is 9.78 Å². The van der Waals surface area contributed by atoms with Crippen LogP contribution in [-0.4, -0.2) is 42.5 Å². The van der Waals surface area contributed by atoms with Crippen LogP contribution in [0.1, 0.15) is 16.9 Å². The zero-order valence-electron chi connectivity index (χ0n) is 9.52. The van der Waals surface area contributed by atoms with E-state index in [-0.39, 0.29) is 5.91 Å². The van der Waals surface area contributed by atoms with Gasteiger partial charge in [-0.2, -0.15) is 0 Å². The number of amides is 1. The monoisotopic (exact) mass is 219 g/mol. The third kappa shape index (κ3) is 2.39. The van der Waals surface area contributed by atoms with Crippen molar-refractivity contribution >= 4 is 5.91 Å². The SMILES string of the molecule is CNCC1CCN(C(=O)c2ccccn2)C1. The molecule has 16 heavy (non-hydrogen) atoms. The van der Waals surface area contributed by atoms with E-state index in [9.17, 15) is 4.79 Å². The summed E-state index contributed by atoms with van der Waals surface area (Å²) in [4.78, 5) is 18.0. The highest BCUT2D eigenvalue weighted by atomic mass is 16.2. The summed E-state index contributed by atoms with van der Waals surface area (Å²) in [7, 11) is 1.95. The second-order valence-corrected chi connectivity index (χ2v) is 4.18. The Bertz CT molecular complexity index is 353. The molecule has 0 spiro atoms. The van der Waals surface area contributed by atoms with Crippen molar-refractivity contribution in [2.75, 3.05) is 26.7 Å². The molecule has 4 heteroatoms. The zero-order chi connectivity index (χ0) is 11.4. The molecule has 1 aliphatic rings. The molecular weight excluding hydrogens is 202 g/mol. The van der Waals surface area contributed by atoms with E-state index in [1.165, 1.54) is 0 Å². The Kier molecular flexibility index (Phi) is 3.51. The first-order valence-electron chi connectivity index (χ1n) is 5.66. The van der Waals surface area contributed by atoms with Crippen molar-refractivity contribution in [1.29, 1.82) is 0 Å². The van der Waals surface area contributed by atoms with Crippen LogP contribution in [-0.2, 0) is 0 Å². The summed E-state index contributed by atoms with van der Waals surface area (Å²) in [6.45, 7) is 2.67. The predicted octanol–water partition coefficient (Wildman–Crippen LogP) is 0.763. The maximum absolute atomic E-state index is 12.0. The topological polar surface area (TPSA) is 45.2 Å². The van der Waals surface area contributed by atoms with E-state index in [0.717, 1.165) is 26.1 Å². The van der Waals surface area contributed by atoms with Crippen LogP contribution in [0.2, 0.25) is 0 Å². The van der Waals surface area contributed by atoms with Crippen molar-refractivity contribution in [2.45, 2.75) is 6.42 Å². The number of nitrogens with zero attached hydrogens (tertiary/aromatic N) is 2. The smallest absolute Gasteiger partial charge is 0.272 e. The van der Waals surface area contributed by atoms with Crippen molar-refractivity contribution in [3.05, 3.63) is 30.1 Å². The Hall–Kier alpha value is -1.42. The molecule has 2 rings (SSSR count). The quantitative estimate of drug-likeness (QED) is 0.816. The molecule has 1 fully saturated rings. The van der Waals surface area contributed by atoms with Crippen molar-refractivity contribution in [2.24, 2.45) is 5.92 Å². The molecule has 0 bridgehead atoms. The van der Waals surface area contributed by atoms with Gasteiger partial charge in [-0.25, -0.2) is 0 Å². The van der Waals surface area contributed by atoms with Crippen molar-refractivity contribution in [1.82, 2.24) is 15.2 Å². The van der Waals surface area contributed by atoms with E-state index in [4.69, 9.17) is 0 Å². The van der Waals surface area contributed by atoms with Gasteiger partial charge in [-0.15, -0.1) is 0 Å². The number of nitrogens with one attached hydrogen (secondary N) is 1. The Labute approximate surface area is 95.7 Å². The van der Waals surface area contributed by atoms with E-state index < -0.39 is 0 Å². The van der Waals surface area contributed by atoms with Crippen LogP contribution in [0.25, 0.3) is 0 Å². The number of rotatable bonds is 3. The van der Waals surface area contributed by atoms with Gasteiger partial charge >= 0.3 is 0 Å². The summed E-state index contributed by atoms with van der Waals surface area (Å²) in [6, 6.07) is 5.44. The number of hydrogen-bond donors (Lipinski definition) is 1. The highest BCUT2D eigenvalue weighted by molar-refractivity contribution is 5.92. The fraction of sp³-hybridized carbons (Fsp3) is 0.500. The van der Waals surface area contributed by atoms with Gasteiger partial charge in [0.2, 0.25) is 0 Å². The zero-order valence-corrected chi connectivity index (χ0v) is 9.52. The van der Waals surface area contributed by atoms with E-state index in [0.29, 0.717) is 11.6 Å². The lowest BCUT2D eigenvalue weighted by atomic mass is 10.1. The summed E-state index contributed by atoms with van der Waals surface area (Å²) in [5, 5.41) is 3.16. The van der Waals surface area contributed by atoms with E-state index in [1.54, 1.807) is 12.3 Å². The summed E-state index contributed by atoms with van der Waals surface area (Å²) in [6.07, 6.45) is 2.74. The standard InChI is InChI=1S/C12H17N3O/c1-13-8-10-5-7-15(9-10)12(16)11-4-2-3-6-14-11/h2-4,6,10,13H,5,7-9H2,1H3. The number of aromatic nitrogens is 1. The van der Waals surface area contributed by atoms with E-state index >= 15 is 0 Å². The van der Waals surface area contributed by atoms with Gasteiger partial charge in [0, 0.05) is 19.3 Å². The molecule has 1 aliphatic heterocycles. The molecule has 86 valence electrons. The maximum Gasteiger partial charge on any atom is 0.272 e. The first-order valence-corrected chi connectivity index (χ1v) is 5.66. The van der Waals surface area contributed by atoms with Gasteiger partial charge in [0.1, 0.15) is 5.69 Å². The molecule has 1 unspecified atom stereocenters. The lowest BCUT2D eigenvalue weighted by molar-refractivity contribution is 0.0781. The maximum atomic E-state index is 12.0. The molecule has 0 saturated carbocycles. The molecule has 1 saturated heterocycles. The minimum atomic E-state index is 0.0548. The first kappa shape index (κ1) is 11.1. The van der Waals surface area contributed by atoms with Crippen LogP contribution in [0, 0.1) is 5.92 Å². The van der Waals surface area contributed by atoms with Crippen LogP contribution < -0.4 is 5.32 Å². The van der Waals surface area contributed by atoms with Crippen LogP contribution >= 0.6 is 0 Å². The third-order valence-corrected chi connectivity index (χ3v) is 2.95. The van der Waals surface area contributed by atoms with Gasteiger partial charge < -0.3 is 10.2 Å². The summed E-state index contributed by atoms with van der Waals surface area (Å²) >= 11 is 0. The summed E-state index contributed by atoms with van der Waals surface area (Å²) < 4.78 is 0. The van der Waals surface area contributed by atoms with Gasteiger partial charge in [0.25, 0.3) is 5.91 Å². The molecule has 1 aromatic rings. The lowest BCUT2D eigenvalue weighted by Gasteiger charge is -2.15. The van der Waals surface area contributed by atoms with Crippen LogP contribution in [0.3, 0.4) is 0 Å². The Morgan fingerprint density at radius 2 is 2.50 bits per heavy atom. The molecule has 4 nitrogen and oxygen atoms in total. The Morgan fingerprint density at radius 1 is 1.62 bits per heavy atom. The van der Waals surface area contributed by atoms with Crippen molar-refractivity contribution < 1.29 is 4.79 Å². The molecule has 1 N–H and O–H groups in total. The number of likely N-dealkylation sites (tertiary alicyclic amines) is 1. The van der Waals surface area contributed by atoms with Gasteiger partial charge in [0.05, 0.1) is 0 Å². The van der Waals surface area contributed by atoms with Crippen LogP contribution in [0.15, 0.2) is 24.4 Å². The molecule has 1 aromatic heterocycles. The normalized spacial score (nSPS) is 20.1. The highest BCUT2D eigenvalue weighted by Crippen LogP contribution is 2.17. The second-order valence-electron chi connectivity index (χ2n) is 4.18. The fourth-order valence-electron chi connectivity index (χ4n) is 2.12. The van der Waals surface area contributed by atoms with E-state index in [1.807, 2.05) is 24.1 Å². The number of hydrogen-bond acceptors (Lipinski definition) is 3. The van der Waals surface area contributed by atoms with E-state index in [2.05, 4.69) is 10.3 Å². The molecule has 1 amide bonds. The number of carbonyl (C=O) groups is 1. The molecule has 0 aromatic carbocycles. The Balaban J connectivity index is 1.97. The Morgan fingerprint density at radius 3 is 3.19 bits per heavy atom. The number of pyridine rings is 1. The van der Waals surface area contributed by atoms with Crippen molar-refractivity contribution in [3.8, 4) is 0 Å². The lowest BCUT2D eigenvalue weighted by Crippen LogP contribution is -2.30. The largest absolute Gasteiger partial charge is 0.337 e. The summed E-state index contributed by atoms with van der Waals surface area (Å²) in [5.41, 5.74) is 0.549. The van der Waals surface area contributed by atoms with Crippen LogP contribution in [0.4, 0.5) is 0 Å². The summed E-state index contributed by atoms with van der Waals surface area (Å²) in [5.74, 6) is 0.636. The fourth-order valence-corrected chi connectivity index (χ4v) is 2.12. The number of carbonyl (C=O) groups excluding carboxylic acids is 1. The molecule has 0 radical (unpaired) electrons. The van der Waals surface area contributed by atoms with Gasteiger partial charge in [0.15, 0.2) is 0 Å². The second kappa shape index (κ2) is 5.07. The third-order valence-electron chi connectivity index (χ3n) is 2.95. The average molecular weight is 219 g/mol. The minimum Gasteiger partial charge on any atom is -0.337 e. The van der Waals surface area contributed by atoms with Gasteiger partial charge in [-0.1, -0.05) is 6.07 Å². The average Bonchev–Trinajstić information content (AvgIpc) is 2.78. The van der Waals surface area contributed by atoms with Crippen molar-refractivity contribution in [3.63, 3.8) is 0 Å². The molecule has 1 atom stereocenters.